The van der Waals surface area contributed by atoms with Crippen molar-refractivity contribution in [3.63, 3.8) is 0 Å². The normalized spacial score (nSPS) is 13.9. The second-order valence-corrected chi connectivity index (χ2v) is 8.69. The van der Waals surface area contributed by atoms with Gasteiger partial charge in [-0.1, -0.05) is 28.1 Å². The van der Waals surface area contributed by atoms with Crippen molar-refractivity contribution >= 4 is 33.0 Å². The summed E-state index contributed by atoms with van der Waals surface area (Å²) in [6.07, 6.45) is -1.96. The first kappa shape index (κ1) is 23.9. The Morgan fingerprint density at radius 1 is 1.06 bits per heavy atom. The number of pyridine rings is 1. The van der Waals surface area contributed by atoms with E-state index in [-0.39, 0.29) is 12.4 Å². The fraction of sp³-hybridized carbons (Fsp3) is 0.200. The molecule has 4 nitrogen and oxygen atoms in total. The largest absolute Gasteiger partial charge is 0.545 e. The lowest BCUT2D eigenvalue weighted by atomic mass is 9.96. The van der Waals surface area contributed by atoms with Crippen LogP contribution >= 0.6 is 15.9 Å². The van der Waals surface area contributed by atoms with Crippen LogP contribution in [0.2, 0.25) is 0 Å². The number of benzene rings is 2. The van der Waals surface area contributed by atoms with Crippen molar-refractivity contribution < 1.29 is 32.2 Å². The van der Waals surface area contributed by atoms with Crippen LogP contribution in [0.5, 0.6) is 5.75 Å². The molecule has 0 unspecified atom stereocenters. The predicted octanol–water partition coefficient (Wildman–Crippen LogP) is 6.04. The molecule has 1 aromatic heterocycles. The first-order valence-electron chi connectivity index (χ1n) is 10.3. The Morgan fingerprint density at radius 2 is 1.76 bits per heavy atom. The smallest absolute Gasteiger partial charge is 0.433 e. The number of aromatic carboxylic acids is 1. The molecule has 0 N–H and O–H groups in total. The van der Waals surface area contributed by atoms with E-state index in [2.05, 4.69) is 20.9 Å². The minimum absolute atomic E-state index is 0.189. The molecule has 34 heavy (non-hydrogen) atoms. The van der Waals surface area contributed by atoms with Crippen LogP contribution < -0.4 is 9.84 Å². The average Bonchev–Trinajstić information content (AvgIpc) is 3.28. The number of carbonyl (C=O) groups is 1. The molecule has 176 valence electrons. The summed E-state index contributed by atoms with van der Waals surface area (Å²) >= 11 is 3.44. The van der Waals surface area contributed by atoms with E-state index in [4.69, 9.17) is 4.74 Å². The summed E-state index contributed by atoms with van der Waals surface area (Å²) in [6.45, 7) is 0.189. The minimum Gasteiger partial charge on any atom is -0.545 e. The number of alkyl halides is 3. The van der Waals surface area contributed by atoms with Gasteiger partial charge in [-0.2, -0.15) is 13.2 Å². The van der Waals surface area contributed by atoms with Gasteiger partial charge in [0.25, 0.3) is 0 Å². The third kappa shape index (κ3) is 5.14. The maximum Gasteiger partial charge on any atom is 0.433 e. The summed E-state index contributed by atoms with van der Waals surface area (Å²) in [5.74, 6) is -1.75. The van der Waals surface area contributed by atoms with Gasteiger partial charge in [-0.3, -0.25) is 4.98 Å². The SMILES string of the molecule is O=C([O-])c1cc(C2=C(c3cc(Br)ccc3OCc3ccc(F)cc3)CCC2)cnc1C(F)(F)F. The molecule has 0 saturated heterocycles. The molecule has 4 rings (SSSR count). The van der Waals surface area contributed by atoms with Crippen molar-refractivity contribution in [2.75, 3.05) is 0 Å². The average molecular weight is 535 g/mol. The number of carboxylic acids is 1. The van der Waals surface area contributed by atoms with Crippen molar-refractivity contribution in [1.29, 1.82) is 0 Å². The molecule has 0 bridgehead atoms. The van der Waals surface area contributed by atoms with E-state index in [0.717, 1.165) is 39.9 Å². The van der Waals surface area contributed by atoms with E-state index in [9.17, 15) is 27.5 Å². The highest BCUT2D eigenvalue weighted by atomic mass is 79.9. The van der Waals surface area contributed by atoms with E-state index >= 15 is 0 Å². The van der Waals surface area contributed by atoms with Gasteiger partial charge in [-0.05, 0) is 77.9 Å². The van der Waals surface area contributed by atoms with Crippen LogP contribution in [-0.4, -0.2) is 11.0 Å². The molecule has 0 spiro atoms. The molecule has 0 saturated carbocycles. The van der Waals surface area contributed by atoms with E-state index in [1.54, 1.807) is 24.3 Å². The topological polar surface area (TPSA) is 62.2 Å². The van der Waals surface area contributed by atoms with Crippen molar-refractivity contribution in [3.8, 4) is 5.75 Å². The monoisotopic (exact) mass is 534 g/mol. The predicted molar refractivity (Wildman–Crippen MR) is 119 cm³/mol. The molecule has 0 amide bonds. The maximum atomic E-state index is 13.2. The molecule has 0 aliphatic heterocycles. The van der Waals surface area contributed by atoms with Crippen LogP contribution in [0.15, 0.2) is 59.2 Å². The Hall–Kier alpha value is -3.20. The lowest BCUT2D eigenvalue weighted by Crippen LogP contribution is -2.27. The number of halogens is 5. The Bertz CT molecular complexity index is 1270. The molecule has 0 atom stereocenters. The van der Waals surface area contributed by atoms with Crippen LogP contribution in [-0.2, 0) is 12.8 Å². The molecule has 1 heterocycles. The molecule has 1 aliphatic rings. The molecule has 1 aliphatic carbocycles. The van der Waals surface area contributed by atoms with Crippen molar-refractivity contribution in [2.45, 2.75) is 32.0 Å². The van der Waals surface area contributed by atoms with Crippen molar-refractivity contribution in [1.82, 2.24) is 4.98 Å². The summed E-state index contributed by atoms with van der Waals surface area (Å²) in [5, 5.41) is 11.4. The van der Waals surface area contributed by atoms with Crippen LogP contribution in [0, 0.1) is 5.82 Å². The van der Waals surface area contributed by atoms with Crippen LogP contribution in [0.3, 0.4) is 0 Å². The van der Waals surface area contributed by atoms with Gasteiger partial charge in [0, 0.05) is 21.8 Å². The van der Waals surface area contributed by atoms with E-state index in [1.165, 1.54) is 12.1 Å². The molecular weight excluding hydrogens is 518 g/mol. The minimum atomic E-state index is -4.91. The molecule has 0 fully saturated rings. The number of hydrogen-bond donors (Lipinski definition) is 0. The second-order valence-electron chi connectivity index (χ2n) is 7.77. The highest BCUT2D eigenvalue weighted by molar-refractivity contribution is 9.10. The highest BCUT2D eigenvalue weighted by Crippen LogP contribution is 2.44. The number of carboxylic acid groups (broad SMARTS) is 1. The number of rotatable bonds is 6. The fourth-order valence-electron chi connectivity index (χ4n) is 3.98. The van der Waals surface area contributed by atoms with Crippen LogP contribution in [0.4, 0.5) is 17.6 Å². The molecule has 9 heteroatoms. The lowest BCUT2D eigenvalue weighted by molar-refractivity contribution is -0.255. The van der Waals surface area contributed by atoms with Gasteiger partial charge in [0.15, 0.2) is 5.69 Å². The Balaban J connectivity index is 1.74. The fourth-order valence-corrected chi connectivity index (χ4v) is 4.34. The second kappa shape index (κ2) is 9.58. The summed E-state index contributed by atoms with van der Waals surface area (Å²) in [6, 6.07) is 12.3. The third-order valence-corrected chi connectivity index (χ3v) is 6.01. The quantitative estimate of drug-likeness (QED) is 0.362. The van der Waals surface area contributed by atoms with Gasteiger partial charge < -0.3 is 14.6 Å². The summed E-state index contributed by atoms with van der Waals surface area (Å²) < 4.78 is 59.5. The maximum absolute atomic E-state index is 13.2. The first-order chi connectivity index (χ1) is 16.1. The Morgan fingerprint density at radius 3 is 2.44 bits per heavy atom. The van der Waals surface area contributed by atoms with Gasteiger partial charge in [-0.15, -0.1) is 0 Å². The van der Waals surface area contributed by atoms with Gasteiger partial charge in [-0.25, -0.2) is 4.39 Å². The number of aromatic nitrogens is 1. The number of allylic oxidation sites excluding steroid dienone is 2. The van der Waals surface area contributed by atoms with E-state index in [0.29, 0.717) is 29.7 Å². The summed E-state index contributed by atoms with van der Waals surface area (Å²) in [5.41, 5.74) is 0.854. The van der Waals surface area contributed by atoms with Gasteiger partial charge in [0.1, 0.15) is 18.2 Å². The van der Waals surface area contributed by atoms with E-state index in [1.807, 2.05) is 6.07 Å². The first-order valence-corrected chi connectivity index (χ1v) is 11.1. The Labute approximate surface area is 201 Å². The molecule has 3 aromatic rings. The third-order valence-electron chi connectivity index (χ3n) is 5.52. The number of nitrogens with zero attached hydrogens (tertiary/aromatic N) is 1. The van der Waals surface area contributed by atoms with Crippen LogP contribution in [0.1, 0.15) is 52.0 Å². The molecule has 0 radical (unpaired) electrons. The summed E-state index contributed by atoms with van der Waals surface area (Å²) in [7, 11) is 0. The number of ether oxygens (including phenoxy) is 1. The number of carbonyl (C=O) groups excluding carboxylic acids is 1. The zero-order chi connectivity index (χ0) is 24.5. The zero-order valence-corrected chi connectivity index (χ0v) is 19.2. The van der Waals surface area contributed by atoms with Gasteiger partial charge in [0.2, 0.25) is 0 Å². The summed E-state index contributed by atoms with van der Waals surface area (Å²) in [4.78, 5) is 14.8. The van der Waals surface area contributed by atoms with Gasteiger partial charge in [0.05, 0.1) is 5.97 Å². The number of hydrogen-bond acceptors (Lipinski definition) is 4. The zero-order valence-electron chi connectivity index (χ0n) is 17.6. The Kier molecular flexibility index (Phi) is 6.74. The van der Waals surface area contributed by atoms with Crippen molar-refractivity contribution in [3.05, 3.63) is 93.0 Å². The van der Waals surface area contributed by atoms with Crippen LogP contribution in [0.25, 0.3) is 11.1 Å². The lowest BCUT2D eigenvalue weighted by Gasteiger charge is -2.17. The van der Waals surface area contributed by atoms with Crippen molar-refractivity contribution in [2.24, 2.45) is 0 Å². The molecular formula is C25H17BrF4NO3-. The van der Waals surface area contributed by atoms with Gasteiger partial charge >= 0.3 is 6.18 Å². The van der Waals surface area contributed by atoms with E-state index < -0.39 is 23.4 Å². The standard InChI is InChI=1S/C25H18BrF4NO3/c26-16-6-9-22(34-13-14-4-7-17(27)8-5-14)20(11-16)19-3-1-2-18(19)15-10-21(24(32)33)23(31-12-15)25(28,29)30/h4-12H,1-3,13H2,(H,32,33)/p-1. The molecule has 2 aromatic carbocycles. The highest BCUT2D eigenvalue weighted by Gasteiger charge is 2.36.